The summed E-state index contributed by atoms with van der Waals surface area (Å²) in [5, 5.41) is 3.20. The fourth-order valence-electron chi connectivity index (χ4n) is 5.05. The Kier molecular flexibility index (Phi) is 8.72. The highest BCUT2D eigenvalue weighted by Gasteiger charge is 2.30. The van der Waals surface area contributed by atoms with Crippen molar-refractivity contribution in [3.63, 3.8) is 0 Å². The van der Waals surface area contributed by atoms with E-state index in [4.69, 9.17) is 0 Å². The van der Waals surface area contributed by atoms with E-state index in [2.05, 4.69) is 41.7 Å². The Labute approximate surface area is 209 Å². The lowest BCUT2D eigenvalue weighted by Crippen LogP contribution is -2.50. The Bertz CT molecular complexity index is 1020. The molecule has 182 valence electrons. The number of carbonyl (C=O) groups excluding carboxylic acids is 2. The summed E-state index contributed by atoms with van der Waals surface area (Å²) in [4.78, 5) is 28.8. The lowest BCUT2D eigenvalue weighted by Gasteiger charge is -2.31. The van der Waals surface area contributed by atoms with Crippen LogP contribution in [0.5, 0.6) is 0 Å². The van der Waals surface area contributed by atoms with E-state index in [9.17, 15) is 9.59 Å². The highest BCUT2D eigenvalue weighted by molar-refractivity contribution is 5.88. The van der Waals surface area contributed by atoms with Gasteiger partial charge in [0.25, 0.3) is 0 Å². The van der Waals surface area contributed by atoms with Crippen LogP contribution in [0.3, 0.4) is 0 Å². The first-order valence-electron chi connectivity index (χ1n) is 12.9. The first-order valence-corrected chi connectivity index (χ1v) is 12.9. The monoisotopic (exact) mass is 468 g/mol. The van der Waals surface area contributed by atoms with Crippen molar-refractivity contribution in [1.82, 2.24) is 10.2 Å². The van der Waals surface area contributed by atoms with Gasteiger partial charge in [-0.05, 0) is 42.9 Å². The molecule has 2 amide bonds. The van der Waals surface area contributed by atoms with Crippen LogP contribution in [-0.2, 0) is 16.0 Å². The topological polar surface area (TPSA) is 49.4 Å². The van der Waals surface area contributed by atoms with Crippen LogP contribution >= 0.6 is 0 Å². The van der Waals surface area contributed by atoms with Crippen molar-refractivity contribution in [2.75, 3.05) is 6.54 Å². The molecule has 0 saturated heterocycles. The van der Waals surface area contributed by atoms with Crippen molar-refractivity contribution in [3.05, 3.63) is 108 Å². The predicted molar refractivity (Wildman–Crippen MR) is 141 cm³/mol. The summed E-state index contributed by atoms with van der Waals surface area (Å²) in [6.07, 6.45) is 5.41. The van der Waals surface area contributed by atoms with Crippen LogP contribution in [0.15, 0.2) is 91.0 Å². The van der Waals surface area contributed by atoms with Gasteiger partial charge < -0.3 is 10.2 Å². The van der Waals surface area contributed by atoms with E-state index in [0.29, 0.717) is 13.0 Å². The molecule has 35 heavy (non-hydrogen) atoms. The zero-order valence-electron chi connectivity index (χ0n) is 20.6. The summed E-state index contributed by atoms with van der Waals surface area (Å²) in [5.74, 6) is -0.101. The summed E-state index contributed by atoms with van der Waals surface area (Å²) in [6.45, 7) is 2.38. The number of nitrogens with one attached hydrogen (secondary N) is 1. The molecule has 3 aromatic carbocycles. The zero-order valence-corrected chi connectivity index (χ0v) is 20.6. The second-order valence-corrected chi connectivity index (χ2v) is 9.57. The maximum atomic E-state index is 13.9. The third-order valence-electron chi connectivity index (χ3n) is 7.14. The summed E-state index contributed by atoms with van der Waals surface area (Å²) < 4.78 is 0. The molecule has 1 atom stereocenters. The first-order chi connectivity index (χ1) is 17.1. The van der Waals surface area contributed by atoms with Crippen molar-refractivity contribution in [1.29, 1.82) is 0 Å². The van der Waals surface area contributed by atoms with E-state index in [1.807, 2.05) is 61.5 Å². The molecular weight excluding hydrogens is 432 g/mol. The summed E-state index contributed by atoms with van der Waals surface area (Å²) in [5.41, 5.74) is 3.38. The fourth-order valence-corrected chi connectivity index (χ4v) is 5.05. The largest absolute Gasteiger partial charge is 0.352 e. The molecule has 4 rings (SSSR count). The van der Waals surface area contributed by atoms with Gasteiger partial charge in [-0.25, -0.2) is 0 Å². The van der Waals surface area contributed by atoms with E-state index in [1.165, 1.54) is 0 Å². The highest BCUT2D eigenvalue weighted by Crippen LogP contribution is 2.29. The van der Waals surface area contributed by atoms with Crippen LogP contribution in [0, 0.1) is 0 Å². The van der Waals surface area contributed by atoms with Crippen LogP contribution in [0.1, 0.15) is 61.6 Å². The molecule has 0 radical (unpaired) electrons. The van der Waals surface area contributed by atoms with Gasteiger partial charge in [-0.3, -0.25) is 9.59 Å². The molecular formula is C31H36N2O2. The van der Waals surface area contributed by atoms with Gasteiger partial charge in [0.2, 0.25) is 11.8 Å². The Hall–Kier alpha value is -3.40. The number of amides is 2. The number of nitrogens with zero attached hydrogens (tertiary/aromatic N) is 1. The van der Waals surface area contributed by atoms with Crippen molar-refractivity contribution in [2.24, 2.45) is 0 Å². The average Bonchev–Trinajstić information content (AvgIpc) is 3.42. The number of benzene rings is 3. The standard InChI is InChI=1S/C31H36N2O2/c1-24(31(35)32-28-19-11-12-20-28)33(22-21-25-13-5-2-6-14-25)30(34)23-29(26-15-7-3-8-16-26)27-17-9-4-10-18-27/h2-10,13-18,24,28-29H,11-12,19-23H2,1H3,(H,32,35)/t24-/m1/s1. The summed E-state index contributed by atoms with van der Waals surface area (Å²) in [6, 6.07) is 30.2. The molecule has 1 aliphatic carbocycles. The van der Waals surface area contributed by atoms with Crippen molar-refractivity contribution in [3.8, 4) is 0 Å². The maximum absolute atomic E-state index is 13.9. The molecule has 4 heteroatoms. The van der Waals surface area contributed by atoms with Crippen molar-refractivity contribution in [2.45, 2.75) is 63.5 Å². The lowest BCUT2D eigenvalue weighted by atomic mass is 9.88. The Morgan fingerprint density at radius 2 is 1.34 bits per heavy atom. The van der Waals surface area contributed by atoms with Crippen LogP contribution < -0.4 is 5.32 Å². The van der Waals surface area contributed by atoms with Crippen LogP contribution in [0.4, 0.5) is 0 Å². The summed E-state index contributed by atoms with van der Waals surface area (Å²) >= 11 is 0. The van der Waals surface area contributed by atoms with E-state index >= 15 is 0 Å². The average molecular weight is 469 g/mol. The van der Waals surface area contributed by atoms with Gasteiger partial charge in [0.1, 0.15) is 6.04 Å². The zero-order chi connectivity index (χ0) is 24.5. The van der Waals surface area contributed by atoms with Crippen molar-refractivity contribution >= 4 is 11.8 Å². The van der Waals surface area contributed by atoms with E-state index < -0.39 is 6.04 Å². The molecule has 0 heterocycles. The fraction of sp³-hybridized carbons (Fsp3) is 0.355. The number of carbonyl (C=O) groups is 2. The normalized spacial score (nSPS) is 14.6. The second kappa shape index (κ2) is 12.3. The second-order valence-electron chi connectivity index (χ2n) is 9.57. The van der Waals surface area contributed by atoms with E-state index in [-0.39, 0.29) is 23.8 Å². The molecule has 0 unspecified atom stereocenters. The Morgan fingerprint density at radius 3 is 1.89 bits per heavy atom. The van der Waals surface area contributed by atoms with Crippen molar-refractivity contribution < 1.29 is 9.59 Å². The minimum atomic E-state index is -0.515. The van der Waals surface area contributed by atoms with Crippen LogP contribution in [0.25, 0.3) is 0 Å². The molecule has 1 saturated carbocycles. The predicted octanol–water partition coefficient (Wildman–Crippen LogP) is 5.73. The molecule has 4 nitrogen and oxygen atoms in total. The van der Waals surface area contributed by atoms with Crippen LogP contribution in [0.2, 0.25) is 0 Å². The van der Waals surface area contributed by atoms with E-state index in [1.54, 1.807) is 4.90 Å². The molecule has 1 fully saturated rings. The molecule has 0 bridgehead atoms. The van der Waals surface area contributed by atoms with Crippen LogP contribution in [-0.4, -0.2) is 35.3 Å². The summed E-state index contributed by atoms with van der Waals surface area (Å²) in [7, 11) is 0. The molecule has 3 aromatic rings. The SMILES string of the molecule is C[C@H](C(=O)NC1CCCC1)N(CCc1ccccc1)C(=O)CC(c1ccccc1)c1ccccc1. The molecule has 0 spiro atoms. The Balaban J connectivity index is 1.55. The minimum Gasteiger partial charge on any atom is -0.352 e. The highest BCUT2D eigenvalue weighted by atomic mass is 16.2. The molecule has 0 aliphatic heterocycles. The van der Waals surface area contributed by atoms with Gasteiger partial charge in [0, 0.05) is 24.9 Å². The molecule has 1 N–H and O–H groups in total. The van der Waals surface area contributed by atoms with Gasteiger partial charge in [-0.1, -0.05) is 104 Å². The van der Waals surface area contributed by atoms with Gasteiger partial charge in [-0.15, -0.1) is 0 Å². The Morgan fingerprint density at radius 1 is 0.829 bits per heavy atom. The molecule has 0 aromatic heterocycles. The van der Waals surface area contributed by atoms with Gasteiger partial charge in [0.05, 0.1) is 0 Å². The maximum Gasteiger partial charge on any atom is 0.242 e. The number of hydrogen-bond acceptors (Lipinski definition) is 2. The molecule has 1 aliphatic rings. The number of rotatable bonds is 10. The lowest BCUT2D eigenvalue weighted by molar-refractivity contribution is -0.140. The van der Waals surface area contributed by atoms with Gasteiger partial charge in [-0.2, -0.15) is 0 Å². The number of hydrogen-bond donors (Lipinski definition) is 1. The third-order valence-corrected chi connectivity index (χ3v) is 7.14. The minimum absolute atomic E-state index is 0.00714. The third kappa shape index (κ3) is 6.82. The van der Waals surface area contributed by atoms with Gasteiger partial charge in [0.15, 0.2) is 0 Å². The van der Waals surface area contributed by atoms with E-state index in [0.717, 1.165) is 48.8 Å². The quantitative estimate of drug-likeness (QED) is 0.413. The smallest absolute Gasteiger partial charge is 0.242 e. The van der Waals surface area contributed by atoms with Gasteiger partial charge >= 0.3 is 0 Å². The first kappa shape index (κ1) is 24.7.